The number of alkyl halides is 3. The Balaban J connectivity index is 1.15. The smallest absolute Gasteiger partial charge is 0.422 e. The standard InChI is InChI=1S/C33H31ClF4N8O4/c1-46(28(49)27(48)40-25-5-2-4-23(35)18-25)17-3-16-39-26(47)20-6-12-24(13-7-20)41-29-42-30(44-31(43-29)50-19-33(36,37)38)45-32(14-15-32)21-8-10-22(34)11-9-21/h2,4-13,18H,3,14-17,19H2,1H3,(H,39,47)(H,40,48)(H2,41,42,43,44,45). The fraction of sp³-hybridized carbons (Fsp3) is 0.273. The second-order valence-electron chi connectivity index (χ2n) is 11.4. The highest BCUT2D eigenvalue weighted by atomic mass is 35.5. The van der Waals surface area contributed by atoms with Gasteiger partial charge in [-0.1, -0.05) is 29.8 Å². The van der Waals surface area contributed by atoms with Crippen molar-refractivity contribution < 1.29 is 36.7 Å². The number of hydrogen-bond donors (Lipinski definition) is 4. The molecule has 3 amide bonds. The maximum Gasteiger partial charge on any atom is 0.422 e. The Bertz CT molecular complexity index is 1840. The van der Waals surface area contributed by atoms with Crippen LogP contribution in [-0.2, 0) is 15.1 Å². The lowest BCUT2D eigenvalue weighted by molar-refractivity contribution is -0.154. The summed E-state index contributed by atoms with van der Waals surface area (Å²) < 4.78 is 56.8. The normalized spacial score (nSPS) is 13.2. The molecule has 0 aliphatic heterocycles. The van der Waals surface area contributed by atoms with E-state index in [4.69, 9.17) is 16.3 Å². The number of hydrogen-bond acceptors (Lipinski definition) is 9. The summed E-state index contributed by atoms with van der Waals surface area (Å²) >= 11 is 6.02. The van der Waals surface area contributed by atoms with Crippen LogP contribution in [0.25, 0.3) is 0 Å². The summed E-state index contributed by atoms with van der Waals surface area (Å²) in [5.74, 6) is -2.79. The number of amides is 3. The minimum Gasteiger partial charge on any atom is -0.454 e. The molecule has 0 saturated heterocycles. The first-order valence-corrected chi connectivity index (χ1v) is 15.6. The third-order valence-electron chi connectivity index (χ3n) is 7.46. The second kappa shape index (κ2) is 15.4. The molecule has 5 rings (SSSR count). The Kier molecular flexibility index (Phi) is 11.0. The number of carbonyl (C=O) groups excluding carboxylic acids is 3. The number of ether oxygens (including phenoxy) is 1. The van der Waals surface area contributed by atoms with Crippen LogP contribution in [0.5, 0.6) is 6.01 Å². The van der Waals surface area contributed by atoms with E-state index in [9.17, 15) is 31.9 Å². The highest BCUT2D eigenvalue weighted by molar-refractivity contribution is 6.39. The zero-order valence-electron chi connectivity index (χ0n) is 26.5. The molecular weight excluding hydrogens is 684 g/mol. The number of likely N-dealkylation sites (N-methyl/N-ethyl adjacent to an activating group) is 1. The molecule has 1 aliphatic rings. The quantitative estimate of drug-likeness (QED) is 0.0781. The Morgan fingerprint density at radius 3 is 2.30 bits per heavy atom. The van der Waals surface area contributed by atoms with Gasteiger partial charge in [-0.05, 0) is 79.4 Å². The van der Waals surface area contributed by atoms with E-state index < -0.39 is 47.9 Å². The third kappa shape index (κ3) is 10.0. The minimum atomic E-state index is -4.61. The number of rotatable bonds is 13. The van der Waals surface area contributed by atoms with Gasteiger partial charge in [0.05, 0.1) is 5.54 Å². The van der Waals surface area contributed by atoms with E-state index in [-0.39, 0.29) is 30.7 Å². The van der Waals surface area contributed by atoms with Gasteiger partial charge < -0.3 is 30.9 Å². The molecule has 0 radical (unpaired) electrons. The van der Waals surface area contributed by atoms with Crippen molar-refractivity contribution in [2.45, 2.75) is 31.0 Å². The van der Waals surface area contributed by atoms with Gasteiger partial charge in [0, 0.05) is 42.1 Å². The van der Waals surface area contributed by atoms with Crippen molar-refractivity contribution in [1.82, 2.24) is 25.2 Å². The summed E-state index contributed by atoms with van der Waals surface area (Å²) in [6.45, 7) is -1.24. The number of anilines is 4. The van der Waals surface area contributed by atoms with E-state index in [0.29, 0.717) is 22.7 Å². The Hall–Kier alpha value is -5.51. The predicted octanol–water partition coefficient (Wildman–Crippen LogP) is 5.67. The number of nitrogens with one attached hydrogen (secondary N) is 4. The van der Waals surface area contributed by atoms with Crippen LogP contribution in [-0.4, -0.2) is 70.5 Å². The fourth-order valence-electron chi connectivity index (χ4n) is 4.75. The highest BCUT2D eigenvalue weighted by Crippen LogP contribution is 2.48. The first-order valence-electron chi connectivity index (χ1n) is 15.3. The number of aromatic nitrogens is 3. The van der Waals surface area contributed by atoms with Crippen LogP contribution in [0.2, 0.25) is 5.02 Å². The van der Waals surface area contributed by atoms with Crippen molar-refractivity contribution in [1.29, 1.82) is 0 Å². The molecule has 1 aliphatic carbocycles. The molecule has 3 aromatic carbocycles. The van der Waals surface area contributed by atoms with Crippen molar-refractivity contribution in [2.75, 3.05) is 42.7 Å². The molecule has 262 valence electrons. The van der Waals surface area contributed by atoms with Crippen LogP contribution in [0, 0.1) is 5.82 Å². The van der Waals surface area contributed by atoms with Crippen LogP contribution in [0.1, 0.15) is 35.2 Å². The van der Waals surface area contributed by atoms with Crippen LogP contribution in [0.3, 0.4) is 0 Å². The summed E-state index contributed by atoms with van der Waals surface area (Å²) in [4.78, 5) is 50.7. The van der Waals surface area contributed by atoms with Crippen LogP contribution >= 0.6 is 11.6 Å². The maximum absolute atomic E-state index is 13.3. The van der Waals surface area contributed by atoms with Crippen LogP contribution in [0.4, 0.5) is 40.8 Å². The summed E-state index contributed by atoms with van der Waals surface area (Å²) in [6, 6.07) is 17.9. The molecule has 0 unspecified atom stereocenters. The molecule has 0 atom stereocenters. The molecule has 0 bridgehead atoms. The van der Waals surface area contributed by atoms with E-state index >= 15 is 0 Å². The molecule has 4 aromatic rings. The molecule has 4 N–H and O–H groups in total. The molecule has 12 nitrogen and oxygen atoms in total. The molecule has 0 spiro atoms. The molecular formula is C33H31ClF4N8O4. The van der Waals surface area contributed by atoms with Gasteiger partial charge in [0.15, 0.2) is 6.61 Å². The summed E-state index contributed by atoms with van der Waals surface area (Å²) in [5, 5.41) is 11.7. The number of carbonyl (C=O) groups is 3. The Labute approximate surface area is 288 Å². The van der Waals surface area contributed by atoms with E-state index in [0.717, 1.165) is 24.5 Å². The zero-order chi connectivity index (χ0) is 35.9. The molecule has 1 fully saturated rings. The molecule has 1 aromatic heterocycles. The highest BCUT2D eigenvalue weighted by Gasteiger charge is 2.45. The summed E-state index contributed by atoms with van der Waals surface area (Å²) in [5.41, 5.74) is 1.27. The van der Waals surface area contributed by atoms with Gasteiger partial charge in [0.1, 0.15) is 5.82 Å². The van der Waals surface area contributed by atoms with Gasteiger partial charge in [-0.25, -0.2) is 4.39 Å². The first-order chi connectivity index (χ1) is 23.8. The number of benzene rings is 3. The molecule has 17 heteroatoms. The lowest BCUT2D eigenvalue weighted by atomic mass is 10.1. The van der Waals surface area contributed by atoms with Crippen LogP contribution < -0.4 is 26.0 Å². The summed E-state index contributed by atoms with van der Waals surface area (Å²) in [7, 11) is 1.43. The lowest BCUT2D eigenvalue weighted by Crippen LogP contribution is -2.38. The van der Waals surface area contributed by atoms with Gasteiger partial charge in [0.2, 0.25) is 11.9 Å². The zero-order valence-corrected chi connectivity index (χ0v) is 27.2. The van der Waals surface area contributed by atoms with Gasteiger partial charge in [0.25, 0.3) is 5.91 Å². The third-order valence-corrected chi connectivity index (χ3v) is 7.71. The second-order valence-corrected chi connectivity index (χ2v) is 11.8. The minimum absolute atomic E-state index is 0.00248. The average molecular weight is 715 g/mol. The SMILES string of the molecule is CN(CCCNC(=O)c1ccc(Nc2nc(NC3(c4ccc(Cl)cc4)CC3)nc(OCC(F)(F)F)n2)cc1)C(=O)C(=O)Nc1cccc(F)c1. The Morgan fingerprint density at radius 2 is 1.64 bits per heavy atom. The van der Waals surface area contributed by atoms with Crippen molar-refractivity contribution in [2.24, 2.45) is 0 Å². The van der Waals surface area contributed by atoms with Crippen molar-refractivity contribution >= 4 is 52.6 Å². The van der Waals surface area contributed by atoms with Gasteiger partial charge >= 0.3 is 24.0 Å². The first kappa shape index (κ1) is 35.8. The van der Waals surface area contributed by atoms with Gasteiger partial charge in [-0.3, -0.25) is 14.4 Å². The van der Waals surface area contributed by atoms with E-state index in [2.05, 4.69) is 36.2 Å². The van der Waals surface area contributed by atoms with E-state index in [1.54, 1.807) is 24.3 Å². The summed E-state index contributed by atoms with van der Waals surface area (Å²) in [6.07, 6.45) is -2.81. The monoisotopic (exact) mass is 714 g/mol. The predicted molar refractivity (Wildman–Crippen MR) is 177 cm³/mol. The maximum atomic E-state index is 13.3. The van der Waals surface area contributed by atoms with Crippen molar-refractivity contribution in [3.05, 3.63) is 94.8 Å². The number of halogens is 5. The molecule has 1 saturated carbocycles. The topological polar surface area (TPSA) is 150 Å². The largest absolute Gasteiger partial charge is 0.454 e. The van der Waals surface area contributed by atoms with Crippen molar-refractivity contribution in [3.8, 4) is 6.01 Å². The van der Waals surface area contributed by atoms with Gasteiger partial charge in [-0.15, -0.1) is 0 Å². The van der Waals surface area contributed by atoms with E-state index in [1.165, 1.54) is 42.3 Å². The van der Waals surface area contributed by atoms with E-state index in [1.807, 2.05) is 12.1 Å². The van der Waals surface area contributed by atoms with Crippen molar-refractivity contribution in [3.63, 3.8) is 0 Å². The molecule has 1 heterocycles. The average Bonchev–Trinajstić information content (AvgIpc) is 3.85. The molecule has 50 heavy (non-hydrogen) atoms. The number of nitrogens with zero attached hydrogens (tertiary/aromatic N) is 4. The van der Waals surface area contributed by atoms with Gasteiger partial charge in [-0.2, -0.15) is 28.1 Å². The Morgan fingerprint density at radius 1 is 0.940 bits per heavy atom. The fourth-order valence-corrected chi connectivity index (χ4v) is 4.88. The lowest BCUT2D eigenvalue weighted by Gasteiger charge is -2.19. The van der Waals surface area contributed by atoms with Crippen LogP contribution in [0.15, 0.2) is 72.8 Å².